The molecule has 0 fully saturated rings. The van der Waals surface area contributed by atoms with Gasteiger partial charge in [-0.2, -0.15) is 0 Å². The Morgan fingerprint density at radius 1 is 0.242 bits per heavy atom. The molecular formula is C57H37N5. The molecule has 5 nitrogen and oxygen atoms in total. The number of hydrogen-bond acceptors (Lipinski definition) is 5. The van der Waals surface area contributed by atoms with Crippen LogP contribution in [-0.2, 0) is 0 Å². The molecule has 3 heterocycles. The highest BCUT2D eigenvalue weighted by Gasteiger charge is 2.19. The Labute approximate surface area is 359 Å². The third-order valence-corrected chi connectivity index (χ3v) is 11.3. The van der Waals surface area contributed by atoms with Crippen molar-refractivity contribution in [1.82, 2.24) is 24.9 Å². The van der Waals surface area contributed by atoms with Crippen molar-refractivity contribution in [2.75, 3.05) is 0 Å². The highest BCUT2D eigenvalue weighted by Crippen LogP contribution is 2.41. The van der Waals surface area contributed by atoms with Crippen LogP contribution in [0.3, 0.4) is 0 Å². The van der Waals surface area contributed by atoms with Crippen LogP contribution in [0.2, 0.25) is 0 Å². The number of aromatic nitrogens is 5. The van der Waals surface area contributed by atoms with Gasteiger partial charge in [0.25, 0.3) is 0 Å². The van der Waals surface area contributed by atoms with Crippen LogP contribution in [0.5, 0.6) is 0 Å². The van der Waals surface area contributed by atoms with Crippen LogP contribution in [-0.4, -0.2) is 24.9 Å². The SMILES string of the molecule is c1ccc(-c2cc(-c3cc(-c4cc(-c5ccccc5)nc(-c5ccccc5)n4)cc(-c4cc(-c5ccccc5)nc5ccc6ccccc6c45)c3)nc(-c3ccccc3)n2)cc1. The van der Waals surface area contributed by atoms with E-state index in [9.17, 15) is 0 Å². The molecule has 11 rings (SSSR count). The number of benzene rings is 8. The fourth-order valence-electron chi connectivity index (χ4n) is 8.21. The van der Waals surface area contributed by atoms with Gasteiger partial charge in [0, 0.05) is 44.3 Å². The normalized spacial score (nSPS) is 11.2. The predicted molar refractivity (Wildman–Crippen MR) is 254 cm³/mol. The van der Waals surface area contributed by atoms with Crippen LogP contribution in [0.15, 0.2) is 224 Å². The summed E-state index contributed by atoms with van der Waals surface area (Å²) in [5, 5.41) is 3.37. The molecule has 0 saturated heterocycles. The molecular weight excluding hydrogens is 755 g/mol. The molecule has 0 aliphatic heterocycles. The second-order valence-electron chi connectivity index (χ2n) is 15.3. The third kappa shape index (κ3) is 7.18. The van der Waals surface area contributed by atoms with E-state index in [0.717, 1.165) is 100 Å². The average Bonchev–Trinajstić information content (AvgIpc) is 3.37. The molecule has 3 aromatic heterocycles. The fourth-order valence-corrected chi connectivity index (χ4v) is 8.21. The number of fused-ring (bicyclic) bond motifs is 3. The van der Waals surface area contributed by atoms with Gasteiger partial charge in [-0.05, 0) is 64.4 Å². The minimum absolute atomic E-state index is 0.653. The summed E-state index contributed by atoms with van der Waals surface area (Å²) in [6.07, 6.45) is 0. The van der Waals surface area contributed by atoms with E-state index >= 15 is 0 Å². The molecule has 0 N–H and O–H groups in total. The molecule has 0 amide bonds. The zero-order valence-electron chi connectivity index (χ0n) is 33.6. The monoisotopic (exact) mass is 791 g/mol. The standard InChI is InChI=1S/C57H37N5/c1-6-19-39(20-7-1)50-35-48(55-47-29-17-16-18-38(47)30-31-49(55)58-50)44-32-45(53-36-51(40-21-8-2-9-22-40)59-56(61-53)42-25-12-4-13-26-42)34-46(33-44)54-37-52(41-23-10-3-11-24-41)60-57(62-54)43-27-14-5-15-28-43/h1-37H. The Kier molecular flexibility index (Phi) is 9.45. The van der Waals surface area contributed by atoms with Gasteiger partial charge in [0.1, 0.15) is 0 Å². The van der Waals surface area contributed by atoms with Crippen LogP contribution in [0.4, 0.5) is 0 Å². The fraction of sp³-hybridized carbons (Fsp3) is 0. The first-order chi connectivity index (χ1) is 30.7. The predicted octanol–water partition coefficient (Wildman–Crippen LogP) is 14.3. The Hall–Kier alpha value is -8.41. The van der Waals surface area contributed by atoms with Gasteiger partial charge in [-0.3, -0.25) is 0 Å². The summed E-state index contributed by atoms with van der Waals surface area (Å²) < 4.78 is 0. The van der Waals surface area contributed by atoms with Crippen molar-refractivity contribution in [2.24, 2.45) is 0 Å². The average molecular weight is 792 g/mol. The van der Waals surface area contributed by atoms with Crippen molar-refractivity contribution in [3.8, 4) is 90.2 Å². The van der Waals surface area contributed by atoms with Gasteiger partial charge in [-0.15, -0.1) is 0 Å². The quantitative estimate of drug-likeness (QED) is 0.143. The van der Waals surface area contributed by atoms with Crippen LogP contribution in [0.1, 0.15) is 0 Å². The second kappa shape index (κ2) is 16.0. The Bertz CT molecular complexity index is 3110. The zero-order valence-corrected chi connectivity index (χ0v) is 33.6. The van der Waals surface area contributed by atoms with Crippen LogP contribution in [0.25, 0.3) is 112 Å². The third-order valence-electron chi connectivity index (χ3n) is 11.3. The van der Waals surface area contributed by atoms with Gasteiger partial charge in [-0.25, -0.2) is 24.9 Å². The highest BCUT2D eigenvalue weighted by atomic mass is 14.9. The van der Waals surface area contributed by atoms with Crippen LogP contribution < -0.4 is 0 Å². The van der Waals surface area contributed by atoms with Crippen molar-refractivity contribution >= 4 is 21.7 Å². The van der Waals surface area contributed by atoms with Gasteiger partial charge >= 0.3 is 0 Å². The molecule has 290 valence electrons. The molecule has 0 saturated carbocycles. The number of pyridine rings is 1. The molecule has 0 atom stereocenters. The van der Waals surface area contributed by atoms with E-state index in [4.69, 9.17) is 24.9 Å². The second-order valence-corrected chi connectivity index (χ2v) is 15.3. The van der Waals surface area contributed by atoms with Gasteiger partial charge < -0.3 is 0 Å². The van der Waals surface area contributed by atoms with Crippen LogP contribution in [0, 0.1) is 0 Å². The number of nitrogens with zero attached hydrogens (tertiary/aromatic N) is 5. The van der Waals surface area contributed by atoms with E-state index < -0.39 is 0 Å². The van der Waals surface area contributed by atoms with Gasteiger partial charge in [0.15, 0.2) is 11.6 Å². The summed E-state index contributed by atoms with van der Waals surface area (Å²) in [6, 6.07) is 77.5. The lowest BCUT2D eigenvalue weighted by Crippen LogP contribution is -1.98. The summed E-state index contributed by atoms with van der Waals surface area (Å²) in [5.41, 5.74) is 14.0. The van der Waals surface area contributed by atoms with Gasteiger partial charge in [-0.1, -0.05) is 182 Å². The van der Waals surface area contributed by atoms with E-state index in [1.165, 1.54) is 0 Å². The summed E-state index contributed by atoms with van der Waals surface area (Å²) in [7, 11) is 0. The van der Waals surface area contributed by atoms with E-state index in [1.54, 1.807) is 0 Å². The molecule has 0 unspecified atom stereocenters. The molecule has 8 aromatic carbocycles. The number of hydrogen-bond donors (Lipinski definition) is 0. The molecule has 0 radical (unpaired) electrons. The molecule has 62 heavy (non-hydrogen) atoms. The lowest BCUT2D eigenvalue weighted by molar-refractivity contribution is 1.18. The summed E-state index contributed by atoms with van der Waals surface area (Å²) in [5.74, 6) is 1.31. The Balaban J connectivity index is 1.23. The van der Waals surface area contributed by atoms with E-state index in [-0.39, 0.29) is 0 Å². The van der Waals surface area contributed by atoms with Gasteiger partial charge in [0.2, 0.25) is 0 Å². The highest BCUT2D eigenvalue weighted by molar-refractivity contribution is 6.14. The first-order valence-corrected chi connectivity index (χ1v) is 20.7. The van der Waals surface area contributed by atoms with E-state index in [2.05, 4.69) is 146 Å². The van der Waals surface area contributed by atoms with Crippen molar-refractivity contribution in [1.29, 1.82) is 0 Å². The Morgan fingerprint density at radius 2 is 0.613 bits per heavy atom. The summed E-state index contributed by atoms with van der Waals surface area (Å²) in [6.45, 7) is 0. The molecule has 0 bridgehead atoms. The van der Waals surface area contributed by atoms with E-state index in [1.807, 2.05) is 78.9 Å². The van der Waals surface area contributed by atoms with Crippen molar-refractivity contribution in [3.63, 3.8) is 0 Å². The zero-order chi connectivity index (χ0) is 41.2. The van der Waals surface area contributed by atoms with Crippen molar-refractivity contribution in [3.05, 3.63) is 224 Å². The first kappa shape index (κ1) is 36.7. The lowest BCUT2D eigenvalue weighted by Gasteiger charge is -2.17. The van der Waals surface area contributed by atoms with E-state index in [0.29, 0.717) is 11.6 Å². The number of rotatable bonds is 8. The topological polar surface area (TPSA) is 64.5 Å². The van der Waals surface area contributed by atoms with Crippen molar-refractivity contribution in [2.45, 2.75) is 0 Å². The van der Waals surface area contributed by atoms with Crippen LogP contribution >= 0.6 is 0 Å². The minimum atomic E-state index is 0.653. The van der Waals surface area contributed by atoms with Gasteiger partial charge in [0.05, 0.1) is 34.0 Å². The maximum atomic E-state index is 5.32. The smallest absolute Gasteiger partial charge is 0.160 e. The maximum absolute atomic E-state index is 5.32. The molecule has 0 aliphatic rings. The summed E-state index contributed by atoms with van der Waals surface area (Å²) >= 11 is 0. The minimum Gasteiger partial charge on any atom is -0.248 e. The molecule has 0 spiro atoms. The molecule has 0 aliphatic carbocycles. The first-order valence-electron chi connectivity index (χ1n) is 20.7. The maximum Gasteiger partial charge on any atom is 0.160 e. The lowest BCUT2D eigenvalue weighted by atomic mass is 9.91. The largest absolute Gasteiger partial charge is 0.248 e. The van der Waals surface area contributed by atoms with Crippen molar-refractivity contribution < 1.29 is 0 Å². The molecule has 5 heteroatoms. The summed E-state index contributed by atoms with van der Waals surface area (Å²) in [4.78, 5) is 26.2. The molecule has 11 aromatic rings. The Morgan fingerprint density at radius 3 is 1.08 bits per heavy atom.